The van der Waals surface area contributed by atoms with Crippen molar-refractivity contribution < 1.29 is 14.3 Å². The quantitative estimate of drug-likeness (QED) is 0.182. The lowest BCUT2D eigenvalue weighted by Crippen LogP contribution is -2.36. The number of hydrogen-bond donors (Lipinski definition) is 0. The van der Waals surface area contributed by atoms with Gasteiger partial charge in [-0.25, -0.2) is 0 Å². The van der Waals surface area contributed by atoms with Gasteiger partial charge in [0.05, 0.1) is 42.6 Å². The highest BCUT2D eigenvalue weighted by atomic mass is 16.5. The first kappa shape index (κ1) is 24.4. The maximum Gasteiger partial charge on any atom is 0.165 e. The number of benzene rings is 3. The van der Waals surface area contributed by atoms with Crippen molar-refractivity contribution in [3.63, 3.8) is 0 Å². The van der Waals surface area contributed by atoms with Crippen LogP contribution < -0.4 is 4.90 Å². The van der Waals surface area contributed by atoms with Gasteiger partial charge in [-0.3, -0.25) is 4.79 Å². The van der Waals surface area contributed by atoms with Crippen LogP contribution in [0.15, 0.2) is 93.3 Å². The van der Waals surface area contributed by atoms with Gasteiger partial charge in [0.15, 0.2) is 5.78 Å². The van der Waals surface area contributed by atoms with Gasteiger partial charge in [0.2, 0.25) is 0 Å². The van der Waals surface area contributed by atoms with E-state index in [1.165, 1.54) is 5.69 Å². The van der Waals surface area contributed by atoms with Crippen LogP contribution in [-0.4, -0.2) is 45.3 Å². The van der Waals surface area contributed by atoms with Crippen LogP contribution in [0, 0.1) is 0 Å². The van der Waals surface area contributed by atoms with Crippen LogP contribution >= 0.6 is 0 Å². The molecule has 1 aliphatic heterocycles. The van der Waals surface area contributed by atoms with Gasteiger partial charge in [0.1, 0.15) is 0 Å². The maximum absolute atomic E-state index is 12.1. The molecule has 3 aromatic rings. The second-order valence-electron chi connectivity index (χ2n) is 7.95. The number of anilines is 1. The Bertz CT molecular complexity index is 1140. The van der Waals surface area contributed by atoms with Gasteiger partial charge in [-0.15, -0.1) is 0 Å². The largest absolute Gasteiger partial charge is 0.381 e. The summed E-state index contributed by atoms with van der Waals surface area (Å²) in [5.41, 5.74) is 4.73. The highest BCUT2D eigenvalue weighted by molar-refractivity contribution is 5.96. The molecule has 35 heavy (non-hydrogen) atoms. The molecule has 0 aliphatic carbocycles. The molecular formula is C27H29N5O3. The summed E-state index contributed by atoms with van der Waals surface area (Å²) >= 11 is 0. The van der Waals surface area contributed by atoms with Gasteiger partial charge < -0.3 is 14.4 Å². The molecule has 0 bridgehead atoms. The van der Waals surface area contributed by atoms with Gasteiger partial charge >= 0.3 is 0 Å². The van der Waals surface area contributed by atoms with Gasteiger partial charge in [-0.1, -0.05) is 0 Å². The first-order chi connectivity index (χ1) is 17.2. The highest BCUT2D eigenvalue weighted by Crippen LogP contribution is 2.25. The lowest BCUT2D eigenvalue weighted by Gasteiger charge is -2.28. The third-order valence-corrected chi connectivity index (χ3v) is 5.50. The first-order valence-corrected chi connectivity index (χ1v) is 11.8. The van der Waals surface area contributed by atoms with Crippen LogP contribution in [0.5, 0.6) is 0 Å². The summed E-state index contributed by atoms with van der Waals surface area (Å²) in [5, 5.41) is 17.1. The Balaban J connectivity index is 1.30. The van der Waals surface area contributed by atoms with Crippen LogP contribution in [0.2, 0.25) is 0 Å². The second kappa shape index (κ2) is 12.6. The number of Topliss-reactive ketones (excluding diaryl/α,β-unsaturated/α-hetero) is 1. The van der Waals surface area contributed by atoms with Gasteiger partial charge in [0.25, 0.3) is 0 Å². The third kappa shape index (κ3) is 7.37. The molecule has 3 aromatic carbocycles. The zero-order valence-electron chi connectivity index (χ0n) is 19.8. The fourth-order valence-electron chi connectivity index (χ4n) is 3.54. The average molecular weight is 472 g/mol. The number of ketones is 1. The normalized spacial score (nSPS) is 14.1. The van der Waals surface area contributed by atoms with E-state index in [9.17, 15) is 4.79 Å². The van der Waals surface area contributed by atoms with Crippen molar-refractivity contribution >= 4 is 34.2 Å². The minimum atomic E-state index is 0.0553. The molecule has 0 unspecified atom stereocenters. The number of azo groups is 2. The Labute approximate surface area is 205 Å². The van der Waals surface area contributed by atoms with E-state index in [1.54, 1.807) is 24.3 Å². The molecule has 1 fully saturated rings. The fraction of sp³-hybridized carbons (Fsp3) is 0.296. The third-order valence-electron chi connectivity index (χ3n) is 5.50. The Morgan fingerprint density at radius 3 is 1.71 bits per heavy atom. The molecule has 0 saturated carbocycles. The molecule has 0 N–H and O–H groups in total. The van der Waals surface area contributed by atoms with E-state index in [1.807, 2.05) is 43.3 Å². The van der Waals surface area contributed by atoms with Gasteiger partial charge in [-0.05, 0) is 79.7 Å². The lowest BCUT2D eigenvalue weighted by atomic mass is 10.1. The summed E-state index contributed by atoms with van der Waals surface area (Å²) in [6.07, 6.45) is 0.373. The van der Waals surface area contributed by atoms with Crippen LogP contribution in [0.4, 0.5) is 28.4 Å². The predicted molar refractivity (Wildman–Crippen MR) is 136 cm³/mol. The van der Waals surface area contributed by atoms with Crippen molar-refractivity contribution in [1.82, 2.24) is 0 Å². The van der Waals surface area contributed by atoms with Crippen molar-refractivity contribution in [2.75, 3.05) is 44.4 Å². The molecule has 0 atom stereocenters. The fourth-order valence-corrected chi connectivity index (χ4v) is 3.54. The maximum atomic E-state index is 12.1. The monoisotopic (exact) mass is 471 g/mol. The van der Waals surface area contributed by atoms with E-state index >= 15 is 0 Å². The molecule has 0 aromatic heterocycles. The first-order valence-electron chi connectivity index (χ1n) is 11.8. The number of morpholine rings is 1. The van der Waals surface area contributed by atoms with Crippen molar-refractivity contribution in [2.45, 2.75) is 13.3 Å². The van der Waals surface area contributed by atoms with Crippen molar-refractivity contribution in [3.8, 4) is 0 Å². The molecule has 1 saturated heterocycles. The zero-order valence-corrected chi connectivity index (χ0v) is 19.8. The Kier molecular flexibility index (Phi) is 8.80. The van der Waals surface area contributed by atoms with Crippen molar-refractivity contribution in [1.29, 1.82) is 0 Å². The number of carbonyl (C=O) groups excluding carboxylic acids is 1. The number of carbonyl (C=O) groups is 1. The molecule has 0 spiro atoms. The van der Waals surface area contributed by atoms with E-state index in [0.717, 1.165) is 37.7 Å². The molecule has 8 nitrogen and oxygen atoms in total. The Morgan fingerprint density at radius 2 is 1.23 bits per heavy atom. The summed E-state index contributed by atoms with van der Waals surface area (Å²) in [7, 11) is 0. The summed E-state index contributed by atoms with van der Waals surface area (Å²) < 4.78 is 10.6. The van der Waals surface area contributed by atoms with Crippen LogP contribution in [-0.2, 0) is 9.47 Å². The lowest BCUT2D eigenvalue weighted by molar-refractivity contribution is 0.0896. The Hall–Kier alpha value is -3.75. The highest BCUT2D eigenvalue weighted by Gasteiger charge is 2.10. The Morgan fingerprint density at radius 1 is 0.771 bits per heavy atom. The van der Waals surface area contributed by atoms with Crippen LogP contribution in [0.25, 0.3) is 0 Å². The van der Waals surface area contributed by atoms with E-state index < -0.39 is 0 Å². The summed E-state index contributed by atoms with van der Waals surface area (Å²) in [4.78, 5) is 14.4. The molecule has 1 heterocycles. The number of nitrogens with zero attached hydrogens (tertiary/aromatic N) is 5. The number of hydrogen-bond acceptors (Lipinski definition) is 8. The van der Waals surface area contributed by atoms with Gasteiger partial charge in [0, 0.05) is 37.4 Å². The van der Waals surface area contributed by atoms with E-state index in [2.05, 4.69) is 37.5 Å². The topological polar surface area (TPSA) is 88.2 Å². The van der Waals surface area contributed by atoms with E-state index in [0.29, 0.717) is 36.6 Å². The molecule has 0 amide bonds. The predicted octanol–water partition coefficient (Wildman–Crippen LogP) is 6.96. The summed E-state index contributed by atoms with van der Waals surface area (Å²) in [5.74, 6) is 0.0553. The van der Waals surface area contributed by atoms with Crippen LogP contribution in [0.3, 0.4) is 0 Å². The smallest absolute Gasteiger partial charge is 0.165 e. The van der Waals surface area contributed by atoms with Crippen LogP contribution in [0.1, 0.15) is 23.7 Å². The van der Waals surface area contributed by atoms with E-state index in [-0.39, 0.29) is 5.78 Å². The molecule has 4 rings (SSSR count). The molecule has 8 heteroatoms. The molecule has 1 aliphatic rings. The van der Waals surface area contributed by atoms with Gasteiger partial charge in [-0.2, -0.15) is 20.5 Å². The van der Waals surface area contributed by atoms with Crippen molar-refractivity contribution in [2.24, 2.45) is 20.5 Å². The average Bonchev–Trinajstić information content (AvgIpc) is 2.92. The second-order valence-corrected chi connectivity index (χ2v) is 7.95. The van der Waals surface area contributed by atoms with Crippen molar-refractivity contribution in [3.05, 3.63) is 78.4 Å². The zero-order chi connectivity index (χ0) is 24.3. The molecule has 0 radical (unpaired) electrons. The standard InChI is InChI=1S/C27H29N5O3/c1-2-34-18-15-27(33)21-3-5-22(6-4-21)28-29-23-7-9-24(10-8-23)30-31-25-11-13-26(14-12-25)32-16-19-35-20-17-32/h3-14H,2,15-20H2,1H3. The minimum absolute atomic E-state index is 0.0553. The van der Waals surface area contributed by atoms with E-state index in [4.69, 9.17) is 9.47 Å². The summed E-state index contributed by atoms with van der Waals surface area (Å²) in [6.45, 7) is 6.30. The minimum Gasteiger partial charge on any atom is -0.381 e. The summed E-state index contributed by atoms with van der Waals surface area (Å²) in [6, 6.07) is 22.5. The number of ether oxygens (including phenoxy) is 2. The SMILES string of the molecule is CCOCCC(=O)c1ccc(N=Nc2ccc(N=Nc3ccc(N4CCOCC4)cc3)cc2)cc1. The number of rotatable bonds is 10. The molecular weight excluding hydrogens is 442 g/mol. The molecule has 180 valence electrons.